The maximum Gasteiger partial charge on any atom is 0.00313 e. The molecular weight excluding hydrogens is 248 g/mol. The Morgan fingerprint density at radius 2 is 1.27 bits per heavy atom. The Balaban J connectivity index is 2.95. The summed E-state index contributed by atoms with van der Waals surface area (Å²) < 4.78 is 0. The number of allylic oxidation sites excluding steroid dienone is 2. The molecule has 0 aliphatic rings. The highest BCUT2D eigenvalue weighted by Gasteiger charge is 1.89. The first-order chi connectivity index (χ1) is 7.41. The van der Waals surface area contributed by atoms with Gasteiger partial charge in [0.1, 0.15) is 0 Å². The topological polar surface area (TPSA) is 0 Å². The lowest BCUT2D eigenvalue weighted by molar-refractivity contribution is 0.613. The van der Waals surface area contributed by atoms with Crippen LogP contribution in [0.1, 0.15) is 71.1 Å². The molecule has 0 saturated carbocycles. The smallest absolute Gasteiger partial charge is 0.00313 e. The molecule has 0 rings (SSSR count). The minimum atomic E-state index is 1.17. The normalized spacial score (nSPS) is 11.3. The van der Waals surface area contributed by atoms with Crippen molar-refractivity contribution in [3.05, 3.63) is 12.2 Å². The Kier molecular flexibility index (Phi) is 14.4. The summed E-state index contributed by atoms with van der Waals surface area (Å²) in [6.45, 7) is 2.25. The fourth-order valence-electron chi connectivity index (χ4n) is 1.62. The minimum Gasteiger partial charge on any atom is -0.0928 e. The molecule has 0 amide bonds. The van der Waals surface area contributed by atoms with Crippen LogP contribution in [0.15, 0.2) is 12.2 Å². The van der Waals surface area contributed by atoms with Crippen molar-refractivity contribution in [2.24, 2.45) is 0 Å². The maximum absolute atomic E-state index is 3.46. The molecule has 0 aromatic heterocycles. The summed E-state index contributed by atoms with van der Waals surface area (Å²) in [4.78, 5) is 0. The first kappa shape index (κ1) is 15.2. The van der Waals surface area contributed by atoms with Gasteiger partial charge in [0, 0.05) is 5.33 Å². The first-order valence-corrected chi connectivity index (χ1v) is 7.75. The molecule has 0 N–H and O–H groups in total. The van der Waals surface area contributed by atoms with Crippen molar-refractivity contribution >= 4 is 15.9 Å². The lowest BCUT2D eigenvalue weighted by atomic mass is 10.1. The number of hydrogen-bond acceptors (Lipinski definition) is 0. The van der Waals surface area contributed by atoms with E-state index in [9.17, 15) is 0 Å². The van der Waals surface area contributed by atoms with Crippen LogP contribution >= 0.6 is 15.9 Å². The quantitative estimate of drug-likeness (QED) is 0.252. The standard InChI is InChI=1S/C14H27Br/c1-2-3-4-5-6-7-8-9-10-11-12-13-14-15/h5-6H,2-4,7-14H2,1H3/b6-5-. The van der Waals surface area contributed by atoms with Crippen LogP contribution in [0.2, 0.25) is 0 Å². The van der Waals surface area contributed by atoms with Crippen molar-refractivity contribution in [1.82, 2.24) is 0 Å². The van der Waals surface area contributed by atoms with E-state index in [1.165, 1.54) is 69.5 Å². The van der Waals surface area contributed by atoms with Crippen LogP contribution in [-0.4, -0.2) is 5.33 Å². The Morgan fingerprint density at radius 1 is 0.733 bits per heavy atom. The molecule has 0 saturated heterocycles. The van der Waals surface area contributed by atoms with Gasteiger partial charge in [-0.3, -0.25) is 0 Å². The van der Waals surface area contributed by atoms with Gasteiger partial charge in [0.2, 0.25) is 0 Å². The Morgan fingerprint density at radius 3 is 1.87 bits per heavy atom. The monoisotopic (exact) mass is 274 g/mol. The predicted octanol–water partition coefficient (Wildman–Crippen LogP) is 5.86. The summed E-state index contributed by atoms with van der Waals surface area (Å²) in [7, 11) is 0. The van der Waals surface area contributed by atoms with E-state index in [2.05, 4.69) is 35.0 Å². The van der Waals surface area contributed by atoms with Gasteiger partial charge in [-0.15, -0.1) is 0 Å². The second kappa shape index (κ2) is 14.2. The average Bonchev–Trinajstić information content (AvgIpc) is 2.26. The van der Waals surface area contributed by atoms with E-state index in [0.29, 0.717) is 0 Å². The van der Waals surface area contributed by atoms with Crippen LogP contribution < -0.4 is 0 Å². The van der Waals surface area contributed by atoms with Crippen LogP contribution in [-0.2, 0) is 0 Å². The summed E-state index contributed by atoms with van der Waals surface area (Å²) in [6.07, 6.45) is 18.4. The first-order valence-electron chi connectivity index (χ1n) is 6.62. The van der Waals surface area contributed by atoms with Crippen molar-refractivity contribution in [1.29, 1.82) is 0 Å². The van der Waals surface area contributed by atoms with Gasteiger partial charge < -0.3 is 0 Å². The van der Waals surface area contributed by atoms with Gasteiger partial charge in [-0.1, -0.05) is 73.5 Å². The van der Waals surface area contributed by atoms with Crippen LogP contribution in [0, 0.1) is 0 Å². The summed E-state index contributed by atoms with van der Waals surface area (Å²) in [5.41, 5.74) is 0. The highest BCUT2D eigenvalue weighted by molar-refractivity contribution is 9.09. The third kappa shape index (κ3) is 14.2. The van der Waals surface area contributed by atoms with Crippen molar-refractivity contribution < 1.29 is 0 Å². The molecule has 0 aromatic carbocycles. The number of rotatable bonds is 11. The Hall–Kier alpha value is 0.220. The fourth-order valence-corrected chi connectivity index (χ4v) is 2.02. The van der Waals surface area contributed by atoms with E-state index in [1.807, 2.05) is 0 Å². The zero-order chi connectivity index (χ0) is 11.2. The number of alkyl halides is 1. The van der Waals surface area contributed by atoms with E-state index in [4.69, 9.17) is 0 Å². The minimum absolute atomic E-state index is 1.17. The van der Waals surface area contributed by atoms with Gasteiger partial charge in [0.05, 0.1) is 0 Å². The molecule has 0 fully saturated rings. The zero-order valence-corrected chi connectivity index (χ0v) is 11.9. The lowest BCUT2D eigenvalue weighted by Gasteiger charge is -1.98. The van der Waals surface area contributed by atoms with Crippen molar-refractivity contribution in [3.63, 3.8) is 0 Å². The van der Waals surface area contributed by atoms with Crippen LogP contribution in [0.25, 0.3) is 0 Å². The van der Waals surface area contributed by atoms with Crippen LogP contribution in [0.4, 0.5) is 0 Å². The molecule has 1 heteroatoms. The molecule has 90 valence electrons. The van der Waals surface area contributed by atoms with Gasteiger partial charge in [0.15, 0.2) is 0 Å². The molecule has 0 aliphatic carbocycles. The molecule has 0 heterocycles. The largest absolute Gasteiger partial charge is 0.0928 e. The second-order valence-corrected chi connectivity index (χ2v) is 5.01. The molecule has 0 unspecified atom stereocenters. The van der Waals surface area contributed by atoms with E-state index < -0.39 is 0 Å². The van der Waals surface area contributed by atoms with Gasteiger partial charge in [0.25, 0.3) is 0 Å². The van der Waals surface area contributed by atoms with Crippen LogP contribution in [0.5, 0.6) is 0 Å². The third-order valence-corrected chi connectivity index (χ3v) is 3.21. The predicted molar refractivity (Wildman–Crippen MR) is 74.8 cm³/mol. The van der Waals surface area contributed by atoms with Gasteiger partial charge >= 0.3 is 0 Å². The summed E-state index contributed by atoms with van der Waals surface area (Å²) in [5.74, 6) is 0. The average molecular weight is 275 g/mol. The molecule has 0 aromatic rings. The zero-order valence-electron chi connectivity index (χ0n) is 10.3. The Bertz CT molecular complexity index is 129. The summed E-state index contributed by atoms with van der Waals surface area (Å²) >= 11 is 3.46. The highest BCUT2D eigenvalue weighted by atomic mass is 79.9. The van der Waals surface area contributed by atoms with Crippen LogP contribution in [0.3, 0.4) is 0 Å². The van der Waals surface area contributed by atoms with Crippen molar-refractivity contribution in [2.75, 3.05) is 5.33 Å². The summed E-state index contributed by atoms with van der Waals surface area (Å²) in [5, 5.41) is 1.17. The maximum atomic E-state index is 3.46. The molecule has 0 bridgehead atoms. The molecular formula is C14H27Br. The third-order valence-electron chi connectivity index (χ3n) is 2.65. The second-order valence-electron chi connectivity index (χ2n) is 4.21. The molecule has 0 spiro atoms. The number of halogens is 1. The number of unbranched alkanes of at least 4 members (excludes halogenated alkanes) is 8. The molecule has 0 aliphatic heterocycles. The van der Waals surface area contributed by atoms with Gasteiger partial charge in [-0.05, 0) is 25.7 Å². The highest BCUT2D eigenvalue weighted by Crippen LogP contribution is 2.08. The Labute approximate surface area is 105 Å². The summed E-state index contributed by atoms with van der Waals surface area (Å²) in [6, 6.07) is 0. The SMILES string of the molecule is CCCC/C=C\CCCCCCCCBr. The molecule has 0 atom stereocenters. The van der Waals surface area contributed by atoms with Gasteiger partial charge in [-0.25, -0.2) is 0 Å². The lowest BCUT2D eigenvalue weighted by Crippen LogP contribution is -1.80. The van der Waals surface area contributed by atoms with Gasteiger partial charge in [-0.2, -0.15) is 0 Å². The van der Waals surface area contributed by atoms with E-state index in [1.54, 1.807) is 0 Å². The fraction of sp³-hybridized carbons (Fsp3) is 0.857. The van der Waals surface area contributed by atoms with E-state index >= 15 is 0 Å². The van der Waals surface area contributed by atoms with E-state index in [-0.39, 0.29) is 0 Å². The molecule has 15 heavy (non-hydrogen) atoms. The molecule has 0 nitrogen and oxygen atoms in total. The number of hydrogen-bond donors (Lipinski definition) is 0. The van der Waals surface area contributed by atoms with E-state index in [0.717, 1.165) is 0 Å². The van der Waals surface area contributed by atoms with Crippen molar-refractivity contribution in [2.45, 2.75) is 71.1 Å². The molecule has 0 radical (unpaired) electrons. The van der Waals surface area contributed by atoms with Crippen molar-refractivity contribution in [3.8, 4) is 0 Å².